The Bertz CT molecular complexity index is 705. The molecule has 4 nitrogen and oxygen atoms in total. The molecule has 5 heteroatoms. The smallest absolute Gasteiger partial charge is 0.144 e. The molecule has 0 fully saturated rings. The lowest BCUT2D eigenvalue weighted by Gasteiger charge is -1.98. The molecule has 2 N–H and O–H groups in total. The van der Waals surface area contributed by atoms with Crippen LogP contribution in [0.5, 0.6) is 0 Å². The van der Waals surface area contributed by atoms with Crippen molar-refractivity contribution in [2.45, 2.75) is 26.2 Å². The summed E-state index contributed by atoms with van der Waals surface area (Å²) >= 11 is 1.57. The van der Waals surface area contributed by atoms with Gasteiger partial charge in [0.25, 0.3) is 0 Å². The Labute approximate surface area is 109 Å². The zero-order valence-electron chi connectivity index (χ0n) is 10.2. The summed E-state index contributed by atoms with van der Waals surface area (Å²) < 4.78 is 0.938. The molecule has 0 saturated heterocycles. The van der Waals surface area contributed by atoms with Crippen LogP contribution in [0.25, 0.3) is 20.4 Å². The van der Waals surface area contributed by atoms with Crippen LogP contribution < -0.4 is 5.73 Å². The first-order chi connectivity index (χ1) is 8.79. The van der Waals surface area contributed by atoms with Gasteiger partial charge in [-0.3, -0.25) is 0 Å². The van der Waals surface area contributed by atoms with Gasteiger partial charge in [0.05, 0.1) is 10.2 Å². The van der Waals surface area contributed by atoms with Crippen LogP contribution in [0.1, 0.15) is 25.5 Å². The predicted octanol–water partition coefficient (Wildman–Crippen LogP) is 3.16. The van der Waals surface area contributed by atoms with E-state index in [1.54, 1.807) is 11.3 Å². The van der Waals surface area contributed by atoms with Gasteiger partial charge in [0, 0.05) is 11.1 Å². The first-order valence-corrected chi connectivity index (χ1v) is 6.90. The number of anilines is 1. The average Bonchev–Trinajstić information content (AvgIpc) is 2.76. The van der Waals surface area contributed by atoms with E-state index in [0.717, 1.165) is 32.5 Å². The fourth-order valence-corrected chi connectivity index (χ4v) is 3.06. The van der Waals surface area contributed by atoms with Gasteiger partial charge in [-0.1, -0.05) is 13.3 Å². The van der Waals surface area contributed by atoms with E-state index in [4.69, 9.17) is 5.73 Å². The van der Waals surface area contributed by atoms with E-state index in [2.05, 4.69) is 34.0 Å². The molecule has 3 aromatic rings. The highest BCUT2D eigenvalue weighted by molar-refractivity contribution is 7.25. The normalized spacial score (nSPS) is 11.4. The number of aryl methyl sites for hydroxylation is 1. The summed E-state index contributed by atoms with van der Waals surface area (Å²) in [5.74, 6) is 0.540. The average molecular weight is 258 g/mol. The molecule has 92 valence electrons. The number of unbranched alkanes of at least 4 members (excludes halogenated alkanes) is 1. The maximum atomic E-state index is 5.87. The Morgan fingerprint density at radius 2 is 2.17 bits per heavy atom. The van der Waals surface area contributed by atoms with Crippen molar-refractivity contribution in [2.24, 2.45) is 0 Å². The van der Waals surface area contributed by atoms with Crippen molar-refractivity contribution < 1.29 is 0 Å². The Kier molecular flexibility index (Phi) is 2.83. The number of rotatable bonds is 3. The van der Waals surface area contributed by atoms with Gasteiger partial charge in [-0.15, -0.1) is 11.3 Å². The van der Waals surface area contributed by atoms with Crippen LogP contribution in [0.4, 0.5) is 5.82 Å². The van der Waals surface area contributed by atoms with Gasteiger partial charge in [0.1, 0.15) is 17.0 Å². The number of pyridine rings is 1. The zero-order valence-corrected chi connectivity index (χ0v) is 11.0. The quantitative estimate of drug-likeness (QED) is 0.783. The van der Waals surface area contributed by atoms with Crippen LogP contribution in [-0.4, -0.2) is 15.0 Å². The van der Waals surface area contributed by atoms with Gasteiger partial charge in [0.2, 0.25) is 0 Å². The van der Waals surface area contributed by atoms with Crippen molar-refractivity contribution in [3.05, 3.63) is 24.2 Å². The first-order valence-electron chi connectivity index (χ1n) is 6.08. The maximum Gasteiger partial charge on any atom is 0.144 e. The van der Waals surface area contributed by atoms with Gasteiger partial charge in [-0.05, 0) is 25.0 Å². The lowest BCUT2D eigenvalue weighted by molar-refractivity contribution is 0.780. The summed E-state index contributed by atoms with van der Waals surface area (Å²) in [4.78, 5) is 14.0. The Morgan fingerprint density at radius 1 is 1.28 bits per heavy atom. The Hall–Kier alpha value is -1.75. The maximum absolute atomic E-state index is 5.87. The molecular weight excluding hydrogens is 244 g/mol. The molecule has 3 rings (SSSR count). The van der Waals surface area contributed by atoms with Crippen LogP contribution in [0, 0.1) is 0 Å². The van der Waals surface area contributed by atoms with Crippen molar-refractivity contribution in [3.8, 4) is 0 Å². The number of thiophene rings is 1. The van der Waals surface area contributed by atoms with Crippen molar-refractivity contribution in [1.29, 1.82) is 0 Å². The standard InChI is InChI=1S/C13H14N4S/c1-2-3-4-8-5-6-9-10-11(18-13(9)17-8)12(14)16-7-15-10/h5-7H,2-4H2,1H3,(H2,14,15,16). The Morgan fingerprint density at radius 3 is 3.00 bits per heavy atom. The van der Waals surface area contributed by atoms with Gasteiger partial charge in [-0.2, -0.15) is 0 Å². The van der Waals surface area contributed by atoms with Crippen LogP contribution in [-0.2, 0) is 6.42 Å². The summed E-state index contributed by atoms with van der Waals surface area (Å²) in [6, 6.07) is 4.18. The number of nitrogens with zero attached hydrogens (tertiary/aromatic N) is 3. The summed E-state index contributed by atoms with van der Waals surface area (Å²) in [6.07, 6.45) is 4.90. The van der Waals surface area contributed by atoms with E-state index in [1.807, 2.05) is 0 Å². The predicted molar refractivity (Wildman–Crippen MR) is 75.7 cm³/mol. The second-order valence-corrected chi connectivity index (χ2v) is 5.30. The summed E-state index contributed by atoms with van der Waals surface area (Å²) in [5, 5.41) is 1.07. The van der Waals surface area contributed by atoms with E-state index in [0.29, 0.717) is 5.82 Å². The third-order valence-electron chi connectivity index (χ3n) is 2.99. The van der Waals surface area contributed by atoms with E-state index in [9.17, 15) is 0 Å². The third-order valence-corrected chi connectivity index (χ3v) is 4.10. The van der Waals surface area contributed by atoms with Gasteiger partial charge in [0.15, 0.2) is 0 Å². The van der Waals surface area contributed by atoms with Crippen molar-refractivity contribution >= 4 is 37.6 Å². The van der Waals surface area contributed by atoms with Gasteiger partial charge in [-0.25, -0.2) is 15.0 Å². The lowest BCUT2D eigenvalue weighted by Crippen LogP contribution is -1.90. The van der Waals surface area contributed by atoms with Gasteiger partial charge >= 0.3 is 0 Å². The van der Waals surface area contributed by atoms with Crippen LogP contribution in [0.15, 0.2) is 18.5 Å². The molecule has 3 heterocycles. The molecule has 0 radical (unpaired) electrons. The van der Waals surface area contributed by atoms with Crippen molar-refractivity contribution in [3.63, 3.8) is 0 Å². The molecule has 0 aliphatic carbocycles. The fraction of sp³-hybridized carbons (Fsp3) is 0.308. The third kappa shape index (κ3) is 1.80. The monoisotopic (exact) mass is 258 g/mol. The van der Waals surface area contributed by atoms with Gasteiger partial charge < -0.3 is 5.73 Å². The highest BCUT2D eigenvalue weighted by Gasteiger charge is 2.10. The van der Waals surface area contributed by atoms with E-state index < -0.39 is 0 Å². The number of fused-ring (bicyclic) bond motifs is 3. The minimum Gasteiger partial charge on any atom is -0.382 e. The largest absolute Gasteiger partial charge is 0.382 e. The summed E-state index contributed by atoms with van der Waals surface area (Å²) in [5.41, 5.74) is 7.92. The molecule has 0 aliphatic heterocycles. The van der Waals surface area contributed by atoms with Crippen LogP contribution in [0.2, 0.25) is 0 Å². The van der Waals surface area contributed by atoms with Crippen LogP contribution in [0.3, 0.4) is 0 Å². The summed E-state index contributed by atoms with van der Waals surface area (Å²) in [6.45, 7) is 2.19. The molecule has 0 atom stereocenters. The van der Waals surface area contributed by atoms with Crippen molar-refractivity contribution in [2.75, 3.05) is 5.73 Å². The number of hydrogen-bond donors (Lipinski definition) is 1. The molecule has 0 bridgehead atoms. The molecule has 0 aromatic carbocycles. The van der Waals surface area contributed by atoms with E-state index >= 15 is 0 Å². The summed E-state index contributed by atoms with van der Waals surface area (Å²) in [7, 11) is 0. The second kappa shape index (κ2) is 4.49. The number of nitrogens with two attached hydrogens (primary N) is 1. The molecular formula is C13H14N4S. The molecule has 0 unspecified atom stereocenters. The van der Waals surface area contributed by atoms with E-state index in [-0.39, 0.29) is 0 Å². The highest BCUT2D eigenvalue weighted by Crippen LogP contribution is 2.33. The molecule has 0 amide bonds. The molecule has 18 heavy (non-hydrogen) atoms. The van der Waals surface area contributed by atoms with Crippen molar-refractivity contribution in [1.82, 2.24) is 15.0 Å². The SMILES string of the molecule is CCCCc1ccc2c(n1)sc1c(N)ncnc12. The first kappa shape index (κ1) is 11.3. The van der Waals surface area contributed by atoms with E-state index in [1.165, 1.54) is 19.2 Å². The fourth-order valence-electron chi connectivity index (χ4n) is 2.01. The minimum absolute atomic E-state index is 0.540. The molecule has 0 spiro atoms. The molecule has 0 saturated carbocycles. The minimum atomic E-state index is 0.540. The Balaban J connectivity index is 2.17. The number of nitrogen functional groups attached to an aromatic ring is 1. The number of hydrogen-bond acceptors (Lipinski definition) is 5. The molecule has 0 aliphatic rings. The topological polar surface area (TPSA) is 64.7 Å². The molecule has 3 aromatic heterocycles. The zero-order chi connectivity index (χ0) is 12.5. The highest BCUT2D eigenvalue weighted by atomic mass is 32.1. The number of aromatic nitrogens is 3. The lowest BCUT2D eigenvalue weighted by atomic mass is 10.2. The van der Waals surface area contributed by atoms with Crippen LogP contribution >= 0.6 is 11.3 Å². The second-order valence-electron chi connectivity index (χ2n) is 4.30.